The van der Waals surface area contributed by atoms with Crippen molar-refractivity contribution in [2.24, 2.45) is 11.8 Å². The van der Waals surface area contributed by atoms with Gasteiger partial charge in [-0.05, 0) is 56.0 Å². The Morgan fingerprint density at radius 3 is 2.68 bits per heavy atom. The molecular formula is C23H36N4O. The van der Waals surface area contributed by atoms with E-state index in [4.69, 9.17) is 0 Å². The van der Waals surface area contributed by atoms with Crippen LogP contribution in [0.4, 0.5) is 0 Å². The first kappa shape index (κ1) is 19.9. The molecule has 0 saturated carbocycles. The molecule has 1 aromatic rings. The number of benzene rings is 1. The van der Waals surface area contributed by atoms with Gasteiger partial charge in [0.2, 0.25) is 5.91 Å². The summed E-state index contributed by atoms with van der Waals surface area (Å²) >= 11 is 0. The third-order valence-corrected chi connectivity index (χ3v) is 6.89. The third-order valence-electron chi connectivity index (χ3n) is 6.89. The first-order chi connectivity index (χ1) is 13.6. The molecule has 0 aromatic heterocycles. The van der Waals surface area contributed by atoms with Gasteiger partial charge in [-0.2, -0.15) is 0 Å². The SMILES string of the molecule is CC(C)C1CC(C(=O)N2C[C@H]3CC[C@@H]2CN(CCCc2ccccc2)C3)NN1. The van der Waals surface area contributed by atoms with Crippen molar-refractivity contribution >= 4 is 5.91 Å². The molecule has 0 spiro atoms. The molecule has 4 aliphatic heterocycles. The monoisotopic (exact) mass is 384 g/mol. The summed E-state index contributed by atoms with van der Waals surface area (Å²) in [6.45, 7) is 8.72. The number of aryl methyl sites for hydroxylation is 1. The lowest BCUT2D eigenvalue weighted by Crippen LogP contribution is -2.53. The maximum Gasteiger partial charge on any atom is 0.241 e. The van der Waals surface area contributed by atoms with Crippen molar-refractivity contribution in [3.63, 3.8) is 0 Å². The minimum Gasteiger partial charge on any atom is -0.337 e. The average Bonchev–Trinajstić information content (AvgIpc) is 3.04. The second-order valence-electron chi connectivity index (χ2n) is 9.36. The Labute approximate surface area is 169 Å². The molecule has 4 heterocycles. The van der Waals surface area contributed by atoms with Crippen LogP contribution < -0.4 is 10.9 Å². The Bertz CT molecular complexity index is 649. The first-order valence-corrected chi connectivity index (χ1v) is 11.2. The zero-order valence-electron chi connectivity index (χ0n) is 17.4. The predicted octanol–water partition coefficient (Wildman–Crippen LogP) is 2.43. The van der Waals surface area contributed by atoms with Crippen molar-refractivity contribution in [2.75, 3.05) is 26.2 Å². The molecule has 2 unspecified atom stereocenters. The quantitative estimate of drug-likeness (QED) is 0.791. The molecule has 5 heteroatoms. The highest BCUT2D eigenvalue weighted by atomic mass is 16.2. The van der Waals surface area contributed by atoms with Gasteiger partial charge in [0.15, 0.2) is 0 Å². The molecule has 0 aliphatic carbocycles. The summed E-state index contributed by atoms with van der Waals surface area (Å²) in [6, 6.07) is 11.5. The van der Waals surface area contributed by atoms with Crippen LogP contribution in [0.3, 0.4) is 0 Å². The number of hydrogen-bond donors (Lipinski definition) is 2. The fourth-order valence-corrected chi connectivity index (χ4v) is 5.16. The molecular weight excluding hydrogens is 348 g/mol. The zero-order chi connectivity index (χ0) is 19.5. The van der Waals surface area contributed by atoms with Gasteiger partial charge in [-0.1, -0.05) is 44.2 Å². The summed E-state index contributed by atoms with van der Waals surface area (Å²) in [4.78, 5) is 18.1. The number of nitrogens with zero attached hydrogens (tertiary/aromatic N) is 2. The van der Waals surface area contributed by atoms with Crippen LogP contribution in [0.2, 0.25) is 0 Å². The van der Waals surface area contributed by atoms with Gasteiger partial charge in [0.05, 0.1) is 0 Å². The van der Waals surface area contributed by atoms with Gasteiger partial charge < -0.3 is 9.80 Å². The van der Waals surface area contributed by atoms with Crippen LogP contribution in [0, 0.1) is 11.8 Å². The van der Waals surface area contributed by atoms with Crippen LogP contribution >= 0.6 is 0 Å². The van der Waals surface area contributed by atoms with E-state index in [2.05, 4.69) is 64.8 Å². The molecule has 28 heavy (non-hydrogen) atoms. The van der Waals surface area contributed by atoms with E-state index in [9.17, 15) is 4.79 Å². The van der Waals surface area contributed by atoms with E-state index >= 15 is 0 Å². The zero-order valence-corrected chi connectivity index (χ0v) is 17.4. The van der Waals surface area contributed by atoms with E-state index < -0.39 is 0 Å². The highest BCUT2D eigenvalue weighted by Gasteiger charge is 2.41. The van der Waals surface area contributed by atoms with Crippen molar-refractivity contribution in [2.45, 2.75) is 64.1 Å². The maximum atomic E-state index is 13.2. The summed E-state index contributed by atoms with van der Waals surface area (Å²) in [5.41, 5.74) is 8.03. The van der Waals surface area contributed by atoms with Crippen LogP contribution in [0.25, 0.3) is 0 Å². The van der Waals surface area contributed by atoms with Crippen LogP contribution in [0.1, 0.15) is 45.1 Å². The van der Waals surface area contributed by atoms with Crippen molar-refractivity contribution in [1.29, 1.82) is 0 Å². The molecule has 1 aromatic carbocycles. The highest BCUT2D eigenvalue weighted by molar-refractivity contribution is 5.82. The summed E-state index contributed by atoms with van der Waals surface area (Å²) in [5, 5.41) is 0. The second-order valence-corrected chi connectivity index (χ2v) is 9.36. The van der Waals surface area contributed by atoms with Crippen LogP contribution in [0.15, 0.2) is 30.3 Å². The lowest BCUT2D eigenvalue weighted by atomic mass is 9.93. The molecule has 154 valence electrons. The number of nitrogens with one attached hydrogen (secondary N) is 2. The Balaban J connectivity index is 1.31. The highest BCUT2D eigenvalue weighted by Crippen LogP contribution is 2.29. The topological polar surface area (TPSA) is 47.6 Å². The Kier molecular flexibility index (Phi) is 6.34. The van der Waals surface area contributed by atoms with E-state index in [0.717, 1.165) is 39.0 Å². The van der Waals surface area contributed by atoms with Gasteiger partial charge >= 0.3 is 0 Å². The second kappa shape index (κ2) is 8.93. The number of piperidine rings is 1. The Morgan fingerprint density at radius 2 is 1.93 bits per heavy atom. The molecule has 4 aliphatic rings. The van der Waals surface area contributed by atoms with Crippen molar-refractivity contribution in [3.05, 3.63) is 35.9 Å². The van der Waals surface area contributed by atoms with Crippen LogP contribution in [0.5, 0.6) is 0 Å². The number of hydrazine groups is 1. The fourth-order valence-electron chi connectivity index (χ4n) is 5.16. The summed E-state index contributed by atoms with van der Waals surface area (Å²) in [5.74, 6) is 1.50. The van der Waals surface area contributed by atoms with Gasteiger partial charge in [-0.15, -0.1) is 0 Å². The standard InChI is InChI=1S/C23H36N4O/c1-17(2)21-13-22(25-24-21)23(28)27-15-19-10-11-20(27)16-26(14-19)12-6-9-18-7-4-3-5-8-18/h3-5,7-8,17,19-22,24-25H,6,9-16H2,1-2H3/t19-,20+,21?,22?/m0/s1. The summed E-state index contributed by atoms with van der Waals surface area (Å²) < 4.78 is 0. The van der Waals surface area contributed by atoms with Crippen molar-refractivity contribution in [1.82, 2.24) is 20.7 Å². The summed E-state index contributed by atoms with van der Waals surface area (Å²) in [6.07, 6.45) is 5.68. The van der Waals surface area contributed by atoms with E-state index in [1.54, 1.807) is 0 Å². The predicted molar refractivity (Wildman–Crippen MR) is 113 cm³/mol. The fraction of sp³-hybridized carbons (Fsp3) is 0.696. The van der Waals surface area contributed by atoms with E-state index in [1.165, 1.54) is 24.8 Å². The average molecular weight is 385 g/mol. The molecule has 4 atom stereocenters. The molecule has 0 radical (unpaired) electrons. The third kappa shape index (κ3) is 4.58. The number of hydrogen-bond acceptors (Lipinski definition) is 4. The normalized spacial score (nSPS) is 30.8. The van der Waals surface area contributed by atoms with E-state index in [-0.39, 0.29) is 6.04 Å². The molecule has 4 saturated heterocycles. The number of carbonyl (C=O) groups excluding carboxylic acids is 1. The minimum atomic E-state index is -0.0571. The lowest BCUT2D eigenvalue weighted by Gasteiger charge is -2.37. The number of amides is 1. The number of carbonyl (C=O) groups is 1. The van der Waals surface area contributed by atoms with Crippen LogP contribution in [-0.2, 0) is 11.2 Å². The Morgan fingerprint density at radius 1 is 1.11 bits per heavy atom. The van der Waals surface area contributed by atoms with Crippen LogP contribution in [-0.4, -0.2) is 60.0 Å². The van der Waals surface area contributed by atoms with Gasteiger partial charge in [-0.3, -0.25) is 10.2 Å². The van der Waals surface area contributed by atoms with Crippen molar-refractivity contribution in [3.8, 4) is 0 Å². The lowest BCUT2D eigenvalue weighted by molar-refractivity contribution is -0.137. The van der Waals surface area contributed by atoms with Gasteiger partial charge in [0.1, 0.15) is 6.04 Å². The maximum absolute atomic E-state index is 13.2. The van der Waals surface area contributed by atoms with Gasteiger partial charge in [0.25, 0.3) is 0 Å². The molecule has 5 rings (SSSR count). The molecule has 2 bridgehead atoms. The largest absolute Gasteiger partial charge is 0.337 e. The van der Waals surface area contributed by atoms with Gasteiger partial charge in [-0.25, -0.2) is 5.43 Å². The van der Waals surface area contributed by atoms with E-state index in [0.29, 0.717) is 29.8 Å². The molecule has 2 N–H and O–H groups in total. The van der Waals surface area contributed by atoms with Gasteiger partial charge in [0, 0.05) is 31.7 Å². The molecule has 1 amide bonds. The molecule has 5 nitrogen and oxygen atoms in total. The Hall–Kier alpha value is -1.43. The molecule has 4 fully saturated rings. The van der Waals surface area contributed by atoms with E-state index in [1.807, 2.05) is 0 Å². The summed E-state index contributed by atoms with van der Waals surface area (Å²) in [7, 11) is 0. The number of fused-ring (bicyclic) bond motifs is 4. The minimum absolute atomic E-state index is 0.0571. The first-order valence-electron chi connectivity index (χ1n) is 11.2. The smallest absolute Gasteiger partial charge is 0.241 e. The van der Waals surface area contributed by atoms with Crippen molar-refractivity contribution < 1.29 is 4.79 Å². The number of rotatable bonds is 6.